The molecule has 3 rings (SSSR count). The molecule has 0 unspecified atom stereocenters. The van der Waals surface area contributed by atoms with Gasteiger partial charge in [0.2, 0.25) is 5.91 Å². The highest BCUT2D eigenvalue weighted by atomic mass is 35.5. The largest absolute Gasteiger partial charge is 0.381 e. The Morgan fingerprint density at radius 3 is 2.42 bits per heavy atom. The molecule has 0 aliphatic carbocycles. The van der Waals surface area contributed by atoms with E-state index in [1.807, 2.05) is 17.9 Å². The molecule has 0 radical (unpaired) electrons. The summed E-state index contributed by atoms with van der Waals surface area (Å²) in [5.41, 5.74) is 6.45. The number of ether oxygens (including phenoxy) is 1. The molecule has 0 saturated carbocycles. The lowest BCUT2D eigenvalue weighted by Crippen LogP contribution is -2.61. The minimum Gasteiger partial charge on any atom is -0.381 e. The molecule has 2 aliphatic heterocycles. The van der Waals surface area contributed by atoms with Gasteiger partial charge in [-0.05, 0) is 19.8 Å². The van der Waals surface area contributed by atoms with Crippen LogP contribution >= 0.6 is 24.8 Å². The molecule has 0 aromatic carbocycles. The lowest BCUT2D eigenvalue weighted by Gasteiger charge is -2.40. The third-order valence-corrected chi connectivity index (χ3v) is 4.53. The van der Waals surface area contributed by atoms with E-state index in [2.05, 4.69) is 10.1 Å². The van der Waals surface area contributed by atoms with E-state index in [0.29, 0.717) is 39.1 Å². The van der Waals surface area contributed by atoms with Gasteiger partial charge in [0.15, 0.2) is 5.76 Å². The van der Waals surface area contributed by atoms with Gasteiger partial charge in [0, 0.05) is 45.5 Å². The number of aromatic nitrogens is 1. The van der Waals surface area contributed by atoms with Gasteiger partial charge in [0.05, 0.1) is 17.8 Å². The second kappa shape index (κ2) is 9.01. The molecular formula is C15H26Cl2N4O3. The van der Waals surface area contributed by atoms with Gasteiger partial charge < -0.3 is 19.9 Å². The SMILES string of the molecule is Cc1cc(CN2CCN(C(=O)C3(N)CCOCC3)CC2)on1.Cl.Cl. The fourth-order valence-electron chi connectivity index (χ4n) is 3.08. The minimum atomic E-state index is -0.734. The molecule has 2 aliphatic rings. The third-order valence-electron chi connectivity index (χ3n) is 4.53. The van der Waals surface area contributed by atoms with Crippen molar-refractivity contribution in [1.29, 1.82) is 0 Å². The van der Waals surface area contributed by atoms with Crippen LogP contribution in [0.15, 0.2) is 10.6 Å². The normalized spacial score (nSPS) is 20.8. The van der Waals surface area contributed by atoms with Crippen LogP contribution in [0.4, 0.5) is 0 Å². The zero-order chi connectivity index (χ0) is 15.6. The predicted octanol–water partition coefficient (Wildman–Crippen LogP) is 0.979. The number of carbonyl (C=O) groups is 1. The first-order valence-corrected chi connectivity index (χ1v) is 7.87. The number of hydrogen-bond acceptors (Lipinski definition) is 6. The molecule has 9 heteroatoms. The smallest absolute Gasteiger partial charge is 0.242 e. The number of halogens is 2. The summed E-state index contributed by atoms with van der Waals surface area (Å²) >= 11 is 0. The number of nitrogens with two attached hydrogens (primary N) is 1. The molecular weight excluding hydrogens is 355 g/mol. The summed E-state index contributed by atoms with van der Waals surface area (Å²) in [6, 6.07) is 1.95. The molecule has 0 spiro atoms. The Hall–Kier alpha value is -0.860. The van der Waals surface area contributed by atoms with E-state index < -0.39 is 5.54 Å². The zero-order valence-corrected chi connectivity index (χ0v) is 15.5. The maximum Gasteiger partial charge on any atom is 0.242 e. The van der Waals surface area contributed by atoms with E-state index in [4.69, 9.17) is 15.0 Å². The summed E-state index contributed by atoms with van der Waals surface area (Å²) in [6.07, 6.45) is 1.23. The number of rotatable bonds is 3. The molecule has 138 valence electrons. The van der Waals surface area contributed by atoms with Crippen molar-refractivity contribution in [3.05, 3.63) is 17.5 Å². The number of amides is 1. The number of nitrogens with zero attached hydrogens (tertiary/aromatic N) is 3. The Morgan fingerprint density at radius 2 is 1.88 bits per heavy atom. The highest BCUT2D eigenvalue weighted by molar-refractivity contribution is 5.86. The van der Waals surface area contributed by atoms with Gasteiger partial charge in [0.1, 0.15) is 0 Å². The van der Waals surface area contributed by atoms with Crippen LogP contribution in [0.25, 0.3) is 0 Å². The van der Waals surface area contributed by atoms with Crippen molar-refractivity contribution in [2.75, 3.05) is 39.4 Å². The summed E-state index contributed by atoms with van der Waals surface area (Å²) in [5, 5.41) is 3.90. The maximum absolute atomic E-state index is 12.6. The molecule has 7 nitrogen and oxygen atoms in total. The van der Waals surface area contributed by atoms with E-state index in [-0.39, 0.29) is 30.7 Å². The van der Waals surface area contributed by atoms with Gasteiger partial charge in [-0.25, -0.2) is 0 Å². The van der Waals surface area contributed by atoms with Crippen molar-refractivity contribution < 1.29 is 14.1 Å². The van der Waals surface area contributed by atoms with E-state index >= 15 is 0 Å². The molecule has 0 atom stereocenters. The summed E-state index contributed by atoms with van der Waals surface area (Å²) in [4.78, 5) is 16.8. The lowest BCUT2D eigenvalue weighted by atomic mass is 9.89. The van der Waals surface area contributed by atoms with Crippen LogP contribution in [0.1, 0.15) is 24.3 Å². The fraction of sp³-hybridized carbons (Fsp3) is 0.733. The van der Waals surface area contributed by atoms with Crippen molar-refractivity contribution in [3.8, 4) is 0 Å². The minimum absolute atomic E-state index is 0. The van der Waals surface area contributed by atoms with Crippen molar-refractivity contribution in [3.63, 3.8) is 0 Å². The number of aryl methyl sites for hydroxylation is 1. The van der Waals surface area contributed by atoms with Gasteiger partial charge in [-0.15, -0.1) is 24.8 Å². The van der Waals surface area contributed by atoms with Gasteiger partial charge in [-0.3, -0.25) is 9.69 Å². The Kier molecular flexibility index (Phi) is 7.95. The fourth-order valence-corrected chi connectivity index (χ4v) is 3.08. The van der Waals surface area contributed by atoms with Crippen LogP contribution in [-0.2, 0) is 16.1 Å². The predicted molar refractivity (Wildman–Crippen MR) is 94.6 cm³/mol. The van der Waals surface area contributed by atoms with Crippen LogP contribution in [0, 0.1) is 6.92 Å². The van der Waals surface area contributed by atoms with Crippen molar-refractivity contribution in [2.45, 2.75) is 31.8 Å². The summed E-state index contributed by atoms with van der Waals surface area (Å²) < 4.78 is 10.6. The highest BCUT2D eigenvalue weighted by Gasteiger charge is 2.39. The van der Waals surface area contributed by atoms with Crippen LogP contribution in [0.5, 0.6) is 0 Å². The Balaban J connectivity index is 0.00000144. The van der Waals surface area contributed by atoms with Gasteiger partial charge >= 0.3 is 0 Å². The molecule has 24 heavy (non-hydrogen) atoms. The molecule has 3 heterocycles. The maximum atomic E-state index is 12.6. The molecule has 1 aromatic rings. The zero-order valence-electron chi connectivity index (χ0n) is 13.9. The molecule has 1 amide bonds. The second-order valence-electron chi connectivity index (χ2n) is 6.27. The molecule has 1 aromatic heterocycles. The summed E-state index contributed by atoms with van der Waals surface area (Å²) in [5.74, 6) is 0.947. The van der Waals surface area contributed by atoms with Crippen molar-refractivity contribution in [1.82, 2.24) is 15.0 Å². The van der Waals surface area contributed by atoms with Crippen LogP contribution < -0.4 is 5.73 Å². The Morgan fingerprint density at radius 1 is 1.25 bits per heavy atom. The molecule has 2 N–H and O–H groups in total. The first-order chi connectivity index (χ1) is 10.6. The molecule has 2 fully saturated rings. The van der Waals surface area contributed by atoms with Crippen molar-refractivity contribution in [2.24, 2.45) is 5.73 Å². The topological polar surface area (TPSA) is 84.8 Å². The van der Waals surface area contributed by atoms with Crippen molar-refractivity contribution >= 4 is 30.7 Å². The van der Waals surface area contributed by atoms with E-state index in [9.17, 15) is 4.79 Å². The highest BCUT2D eigenvalue weighted by Crippen LogP contribution is 2.21. The average Bonchev–Trinajstić information content (AvgIpc) is 2.93. The first-order valence-electron chi connectivity index (χ1n) is 7.87. The monoisotopic (exact) mass is 380 g/mol. The number of piperazine rings is 1. The lowest BCUT2D eigenvalue weighted by molar-refractivity contribution is -0.142. The van der Waals surface area contributed by atoms with Crippen LogP contribution in [0.2, 0.25) is 0 Å². The standard InChI is InChI=1S/C15H24N4O3.2ClH/c1-12-10-13(22-17-12)11-18-4-6-19(7-5-18)14(20)15(16)2-8-21-9-3-15;;/h10H,2-9,11,16H2,1H3;2*1H. The van der Waals surface area contributed by atoms with E-state index in [1.54, 1.807) is 0 Å². The summed E-state index contributed by atoms with van der Waals surface area (Å²) in [6.45, 7) is 6.90. The molecule has 0 bridgehead atoms. The first kappa shape index (κ1) is 21.2. The number of hydrogen-bond donors (Lipinski definition) is 1. The Bertz CT molecular complexity index is 527. The quantitative estimate of drug-likeness (QED) is 0.840. The van der Waals surface area contributed by atoms with Gasteiger partial charge in [-0.1, -0.05) is 5.16 Å². The summed E-state index contributed by atoms with van der Waals surface area (Å²) in [7, 11) is 0. The molecule has 2 saturated heterocycles. The van der Waals surface area contributed by atoms with E-state index in [1.165, 1.54) is 0 Å². The van der Waals surface area contributed by atoms with Gasteiger partial charge in [-0.2, -0.15) is 0 Å². The number of carbonyl (C=O) groups excluding carboxylic acids is 1. The van der Waals surface area contributed by atoms with Crippen LogP contribution in [-0.4, -0.2) is 65.8 Å². The van der Waals surface area contributed by atoms with Gasteiger partial charge in [0.25, 0.3) is 0 Å². The van der Waals surface area contributed by atoms with E-state index in [0.717, 1.165) is 31.1 Å². The van der Waals surface area contributed by atoms with Crippen LogP contribution in [0.3, 0.4) is 0 Å². The second-order valence-corrected chi connectivity index (χ2v) is 6.27. The Labute approximate surface area is 154 Å². The third kappa shape index (κ3) is 4.83. The average molecular weight is 381 g/mol.